The first kappa shape index (κ1) is 6.90. The predicted molar refractivity (Wildman–Crippen MR) is 45.2 cm³/mol. The molecule has 1 aromatic carbocycles. The molecule has 0 unspecified atom stereocenters. The summed E-state index contributed by atoms with van der Waals surface area (Å²) >= 11 is 3.20. The summed E-state index contributed by atoms with van der Waals surface area (Å²) in [6.45, 7) is 0. The highest BCUT2D eigenvalue weighted by atomic mass is 79.9. The molecule has 0 saturated carbocycles. The van der Waals surface area contributed by atoms with Crippen LogP contribution in [0.3, 0.4) is 0 Å². The van der Waals surface area contributed by atoms with Gasteiger partial charge in [-0.25, -0.2) is 4.03 Å². The Bertz CT molecular complexity index is 253. The van der Waals surface area contributed by atoms with E-state index in [1.807, 2.05) is 24.3 Å². The maximum absolute atomic E-state index is 9.20. The molecule has 2 rings (SSSR count). The number of benzene rings is 1. The number of para-hydroxylation sites is 2. The minimum Gasteiger partial charge on any atom is -0.271 e. The van der Waals surface area contributed by atoms with Crippen LogP contribution in [0.15, 0.2) is 24.3 Å². The molecule has 1 aliphatic rings. The molecule has 0 atom stereocenters. The van der Waals surface area contributed by atoms with Gasteiger partial charge in [0.05, 0.1) is 21.8 Å². The lowest BCUT2D eigenvalue weighted by Gasteiger charge is -2.09. The molecule has 1 aliphatic heterocycles. The summed E-state index contributed by atoms with van der Waals surface area (Å²) in [6, 6.07) is 7.45. The monoisotopic (exact) mass is 215 g/mol. The molecule has 0 bridgehead atoms. The van der Waals surface area contributed by atoms with Crippen LogP contribution in [0.5, 0.6) is 0 Å². The Morgan fingerprint density at radius 1 is 1.27 bits per heavy atom. The van der Waals surface area contributed by atoms with E-state index < -0.39 is 0 Å². The third-order valence-corrected chi connectivity index (χ3v) is 2.04. The number of hydrazine groups is 2. The van der Waals surface area contributed by atoms with Crippen LogP contribution < -0.4 is 14.7 Å². The van der Waals surface area contributed by atoms with E-state index in [-0.39, 0.29) is 0 Å². The summed E-state index contributed by atoms with van der Waals surface area (Å²) in [7, 11) is 0. The fourth-order valence-corrected chi connectivity index (χ4v) is 1.45. The third kappa shape index (κ3) is 0.973. The van der Waals surface area contributed by atoms with E-state index in [2.05, 4.69) is 21.7 Å². The molecule has 2 N–H and O–H groups in total. The normalized spacial score (nSPS) is 15.5. The average molecular weight is 216 g/mol. The minimum absolute atomic E-state index is 0.726. The lowest BCUT2D eigenvalue weighted by molar-refractivity contribution is 0.226. The maximum atomic E-state index is 9.20. The quantitative estimate of drug-likeness (QED) is 0.643. The molecule has 0 aliphatic carbocycles. The Balaban J connectivity index is 2.52. The summed E-state index contributed by atoms with van der Waals surface area (Å²) < 4.78 is 1.56. The zero-order valence-electron chi connectivity index (χ0n) is 5.53. The van der Waals surface area contributed by atoms with Gasteiger partial charge in [0.2, 0.25) is 0 Å². The van der Waals surface area contributed by atoms with E-state index in [9.17, 15) is 5.21 Å². The number of anilines is 2. The van der Waals surface area contributed by atoms with Crippen molar-refractivity contribution in [2.75, 3.05) is 9.21 Å². The second-order valence-corrected chi connectivity index (χ2v) is 2.89. The van der Waals surface area contributed by atoms with E-state index in [0.717, 1.165) is 16.5 Å². The molecule has 11 heavy (non-hydrogen) atoms. The molecule has 1 aromatic rings. The third-order valence-electron chi connectivity index (χ3n) is 1.50. The van der Waals surface area contributed by atoms with Crippen LogP contribution in [-0.2, 0) is 0 Å². The molecule has 0 saturated heterocycles. The lowest BCUT2D eigenvalue weighted by Crippen LogP contribution is -2.36. The molecule has 0 aromatic heterocycles. The zero-order chi connectivity index (χ0) is 7.84. The Labute approximate surface area is 72.3 Å². The van der Waals surface area contributed by atoms with Crippen LogP contribution in [-0.4, -0.2) is 5.21 Å². The molecule has 0 amide bonds. The second kappa shape index (κ2) is 2.37. The summed E-state index contributed by atoms with van der Waals surface area (Å²) in [5.74, 6) is 0. The number of hydrogen-bond acceptors (Lipinski definition) is 4. The molecular formula is C6H6BrN3O. The highest BCUT2D eigenvalue weighted by Crippen LogP contribution is 2.32. The number of halogens is 1. The van der Waals surface area contributed by atoms with Crippen molar-refractivity contribution in [1.29, 1.82) is 0 Å². The van der Waals surface area contributed by atoms with Crippen LogP contribution in [0.4, 0.5) is 11.4 Å². The SMILES string of the molecule is ON1NN(Br)c2ccccc21. The van der Waals surface area contributed by atoms with E-state index in [4.69, 9.17) is 0 Å². The Morgan fingerprint density at radius 2 is 1.91 bits per heavy atom. The van der Waals surface area contributed by atoms with Gasteiger partial charge >= 0.3 is 0 Å². The first-order valence-corrected chi connectivity index (χ1v) is 3.80. The van der Waals surface area contributed by atoms with E-state index in [1.54, 1.807) is 4.03 Å². The first-order chi connectivity index (χ1) is 5.29. The molecule has 0 spiro atoms. The predicted octanol–water partition coefficient (Wildman–Crippen LogP) is 1.43. The van der Waals surface area contributed by atoms with Gasteiger partial charge in [0.25, 0.3) is 0 Å². The van der Waals surface area contributed by atoms with Gasteiger partial charge in [-0.2, -0.15) is 5.17 Å². The number of nitrogens with one attached hydrogen (secondary N) is 1. The van der Waals surface area contributed by atoms with Gasteiger partial charge in [-0.05, 0) is 12.1 Å². The van der Waals surface area contributed by atoms with Crippen LogP contribution in [0.1, 0.15) is 0 Å². The van der Waals surface area contributed by atoms with Gasteiger partial charge in [-0.3, -0.25) is 5.21 Å². The Hall–Kier alpha value is -0.780. The standard InChI is InChI=1S/C6H6BrN3O/c7-9-5-3-1-2-4-6(5)10(11)8-9/h1-4,8,11H. The van der Waals surface area contributed by atoms with Gasteiger partial charge in [0.15, 0.2) is 0 Å². The summed E-state index contributed by atoms with van der Waals surface area (Å²) in [6.07, 6.45) is 0. The molecule has 5 heteroatoms. The van der Waals surface area contributed by atoms with Crippen molar-refractivity contribution in [2.24, 2.45) is 0 Å². The molecule has 0 radical (unpaired) electrons. The fraction of sp³-hybridized carbons (Fsp3) is 0. The van der Waals surface area contributed by atoms with Crippen LogP contribution in [0, 0.1) is 0 Å². The van der Waals surface area contributed by atoms with Gasteiger partial charge in [0, 0.05) is 0 Å². The molecule has 4 nitrogen and oxygen atoms in total. The van der Waals surface area contributed by atoms with Crippen molar-refractivity contribution in [1.82, 2.24) is 5.53 Å². The molecule has 1 heterocycles. The van der Waals surface area contributed by atoms with Crippen molar-refractivity contribution in [3.63, 3.8) is 0 Å². The van der Waals surface area contributed by atoms with Crippen molar-refractivity contribution in [3.05, 3.63) is 24.3 Å². The van der Waals surface area contributed by atoms with Crippen LogP contribution in [0.2, 0.25) is 0 Å². The van der Waals surface area contributed by atoms with Crippen molar-refractivity contribution >= 4 is 27.5 Å². The van der Waals surface area contributed by atoms with E-state index in [0.29, 0.717) is 0 Å². The first-order valence-electron chi connectivity index (χ1n) is 3.09. The van der Waals surface area contributed by atoms with Gasteiger partial charge in [-0.1, -0.05) is 12.1 Å². The largest absolute Gasteiger partial charge is 0.271 e. The zero-order valence-corrected chi connectivity index (χ0v) is 7.12. The smallest absolute Gasteiger partial charge is 0.110 e. The summed E-state index contributed by atoms with van der Waals surface area (Å²) in [4.78, 5) is 0. The number of nitrogens with zero attached hydrogens (tertiary/aromatic N) is 2. The van der Waals surface area contributed by atoms with E-state index in [1.165, 1.54) is 0 Å². The van der Waals surface area contributed by atoms with E-state index >= 15 is 0 Å². The maximum Gasteiger partial charge on any atom is 0.110 e. The van der Waals surface area contributed by atoms with Crippen molar-refractivity contribution in [3.8, 4) is 0 Å². The Kier molecular flexibility index (Phi) is 1.49. The molecule has 58 valence electrons. The lowest BCUT2D eigenvalue weighted by atomic mass is 10.3. The molecule has 0 fully saturated rings. The Morgan fingerprint density at radius 3 is 2.55 bits per heavy atom. The highest BCUT2D eigenvalue weighted by molar-refractivity contribution is 9.10. The fourth-order valence-electron chi connectivity index (χ4n) is 1.00. The topological polar surface area (TPSA) is 38.7 Å². The minimum atomic E-state index is 0.726. The summed E-state index contributed by atoms with van der Waals surface area (Å²) in [5.41, 5.74) is 4.23. The van der Waals surface area contributed by atoms with Crippen LogP contribution in [0.25, 0.3) is 0 Å². The highest BCUT2D eigenvalue weighted by Gasteiger charge is 2.21. The van der Waals surface area contributed by atoms with Gasteiger partial charge in [-0.15, -0.1) is 5.53 Å². The van der Waals surface area contributed by atoms with Crippen LogP contribution >= 0.6 is 16.1 Å². The summed E-state index contributed by atoms with van der Waals surface area (Å²) in [5, 5.41) is 10.2. The van der Waals surface area contributed by atoms with Crippen molar-refractivity contribution in [2.45, 2.75) is 0 Å². The number of fused-ring (bicyclic) bond motifs is 1. The second-order valence-electron chi connectivity index (χ2n) is 2.18. The average Bonchev–Trinajstić information content (AvgIpc) is 2.30. The van der Waals surface area contributed by atoms with Gasteiger partial charge in [0.1, 0.15) is 5.69 Å². The van der Waals surface area contributed by atoms with Crippen molar-refractivity contribution < 1.29 is 5.21 Å². The number of rotatable bonds is 0. The van der Waals surface area contributed by atoms with Gasteiger partial charge < -0.3 is 0 Å². The number of hydrogen-bond donors (Lipinski definition) is 2. The molecular weight excluding hydrogens is 210 g/mol.